The first-order valence-corrected chi connectivity index (χ1v) is 6.87. The van der Waals surface area contributed by atoms with Crippen molar-refractivity contribution >= 4 is 5.91 Å². The van der Waals surface area contributed by atoms with Gasteiger partial charge in [0, 0.05) is 31.3 Å². The highest BCUT2D eigenvalue weighted by atomic mass is 19.3. The van der Waals surface area contributed by atoms with Crippen molar-refractivity contribution in [2.24, 2.45) is 17.6 Å². The molecule has 2 fully saturated rings. The van der Waals surface area contributed by atoms with Gasteiger partial charge in [0.2, 0.25) is 11.8 Å². The average molecular weight is 260 g/mol. The number of nitrogens with two attached hydrogens (primary N) is 1. The molecule has 2 unspecified atom stereocenters. The summed E-state index contributed by atoms with van der Waals surface area (Å²) in [6.45, 7) is 0.652. The van der Waals surface area contributed by atoms with Crippen LogP contribution in [-0.2, 0) is 4.79 Å². The average Bonchev–Trinajstić information content (AvgIpc) is 2.72. The van der Waals surface area contributed by atoms with Gasteiger partial charge in [-0.1, -0.05) is 0 Å². The van der Waals surface area contributed by atoms with Crippen molar-refractivity contribution in [2.45, 2.75) is 56.9 Å². The molecule has 2 aliphatic carbocycles. The molecule has 0 aromatic carbocycles. The van der Waals surface area contributed by atoms with Gasteiger partial charge in [-0.2, -0.15) is 0 Å². The Labute approximate surface area is 106 Å². The number of hydrogen-bond donors (Lipinski definition) is 2. The van der Waals surface area contributed by atoms with E-state index in [1.807, 2.05) is 0 Å². The zero-order valence-corrected chi connectivity index (χ0v) is 10.6. The normalized spacial score (nSPS) is 32.4. The van der Waals surface area contributed by atoms with Gasteiger partial charge >= 0.3 is 0 Å². The predicted octanol–water partition coefficient (Wildman–Crippen LogP) is 2.06. The van der Waals surface area contributed by atoms with Crippen molar-refractivity contribution in [3.8, 4) is 0 Å². The minimum absolute atomic E-state index is 0.0500. The predicted molar refractivity (Wildman–Crippen MR) is 65.2 cm³/mol. The van der Waals surface area contributed by atoms with E-state index in [9.17, 15) is 13.6 Å². The molecule has 0 bridgehead atoms. The van der Waals surface area contributed by atoms with E-state index < -0.39 is 5.92 Å². The van der Waals surface area contributed by atoms with Gasteiger partial charge in [0.25, 0.3) is 0 Å². The lowest BCUT2D eigenvalue weighted by molar-refractivity contribution is -0.129. The lowest BCUT2D eigenvalue weighted by Crippen LogP contribution is -2.37. The summed E-state index contributed by atoms with van der Waals surface area (Å²) in [5, 5.41) is 2.90. The summed E-state index contributed by atoms with van der Waals surface area (Å²) < 4.78 is 25.9. The van der Waals surface area contributed by atoms with Crippen molar-refractivity contribution < 1.29 is 13.6 Å². The third-order valence-electron chi connectivity index (χ3n) is 4.23. The van der Waals surface area contributed by atoms with Crippen LogP contribution in [0.5, 0.6) is 0 Å². The summed E-state index contributed by atoms with van der Waals surface area (Å²) in [6, 6.07) is 0.264. The minimum atomic E-state index is -2.56. The zero-order chi connectivity index (χ0) is 13.2. The maximum absolute atomic E-state index is 13.0. The lowest BCUT2D eigenvalue weighted by atomic mass is 9.86. The van der Waals surface area contributed by atoms with Crippen molar-refractivity contribution in [2.75, 3.05) is 6.54 Å². The third kappa shape index (κ3) is 3.64. The molecule has 2 saturated carbocycles. The van der Waals surface area contributed by atoms with Crippen LogP contribution in [0.2, 0.25) is 0 Å². The quantitative estimate of drug-likeness (QED) is 0.816. The number of halogens is 2. The summed E-state index contributed by atoms with van der Waals surface area (Å²) in [7, 11) is 0. The van der Waals surface area contributed by atoms with Crippen LogP contribution in [0, 0.1) is 11.8 Å². The van der Waals surface area contributed by atoms with Crippen LogP contribution in [0.15, 0.2) is 0 Å². The first-order valence-electron chi connectivity index (χ1n) is 6.87. The first kappa shape index (κ1) is 13.7. The molecule has 3 nitrogen and oxygen atoms in total. The molecule has 5 heteroatoms. The number of rotatable bonds is 3. The van der Waals surface area contributed by atoms with Crippen molar-refractivity contribution in [1.29, 1.82) is 0 Å². The van der Waals surface area contributed by atoms with Crippen molar-refractivity contribution in [3.05, 3.63) is 0 Å². The second kappa shape index (κ2) is 5.51. The molecule has 3 N–H and O–H groups in total. The van der Waals surface area contributed by atoms with Gasteiger partial charge in [-0.25, -0.2) is 8.78 Å². The number of alkyl halides is 2. The second-order valence-corrected chi connectivity index (χ2v) is 5.81. The number of nitrogens with one attached hydrogen (secondary N) is 1. The Kier molecular flexibility index (Phi) is 4.20. The van der Waals surface area contributed by atoms with Crippen LogP contribution in [0.3, 0.4) is 0 Å². The maximum atomic E-state index is 13.0. The summed E-state index contributed by atoms with van der Waals surface area (Å²) in [5.41, 5.74) is 5.81. The van der Waals surface area contributed by atoms with Crippen molar-refractivity contribution in [1.82, 2.24) is 5.32 Å². The molecule has 2 aliphatic rings. The van der Waals surface area contributed by atoms with E-state index in [1.165, 1.54) is 0 Å². The number of carbonyl (C=O) groups is 1. The lowest BCUT2D eigenvalue weighted by Gasteiger charge is -2.27. The Balaban J connectivity index is 1.69. The van der Waals surface area contributed by atoms with Gasteiger partial charge in [-0.05, 0) is 38.0 Å². The summed E-state index contributed by atoms with van der Waals surface area (Å²) in [5.74, 6) is -2.37. The minimum Gasteiger partial charge on any atom is -0.356 e. The second-order valence-electron chi connectivity index (χ2n) is 5.81. The Morgan fingerprint density at radius 2 is 1.89 bits per heavy atom. The molecule has 0 saturated heterocycles. The summed E-state index contributed by atoms with van der Waals surface area (Å²) in [4.78, 5) is 11.9. The smallest absolute Gasteiger partial charge is 0.248 e. The van der Waals surface area contributed by atoms with E-state index in [4.69, 9.17) is 5.73 Å². The van der Waals surface area contributed by atoms with Crippen LogP contribution in [0.25, 0.3) is 0 Å². The van der Waals surface area contributed by atoms with E-state index in [1.54, 1.807) is 0 Å². The molecule has 0 aromatic rings. The monoisotopic (exact) mass is 260 g/mol. The van der Waals surface area contributed by atoms with Crippen LogP contribution >= 0.6 is 0 Å². The highest BCUT2D eigenvalue weighted by Gasteiger charge is 2.37. The first-order chi connectivity index (χ1) is 8.46. The Bertz CT molecular complexity index is 299. The number of carbonyl (C=O) groups excluding carboxylic acids is 1. The molecular formula is C13H22F2N2O. The highest BCUT2D eigenvalue weighted by molar-refractivity contribution is 5.78. The number of hydrogen-bond acceptors (Lipinski definition) is 2. The highest BCUT2D eigenvalue weighted by Crippen LogP contribution is 2.36. The standard InChI is InChI=1S/C13H22F2N2O/c14-13(15)5-3-10(4-6-13)12(18)17-8-9-1-2-11(16)7-9/h9-11H,1-8,16H2,(H,17,18). The fraction of sp³-hybridized carbons (Fsp3) is 0.923. The fourth-order valence-electron chi connectivity index (χ4n) is 2.99. The van der Waals surface area contributed by atoms with E-state index in [-0.39, 0.29) is 30.7 Å². The molecule has 1 amide bonds. The van der Waals surface area contributed by atoms with Crippen LogP contribution in [0.4, 0.5) is 8.78 Å². The molecule has 0 aromatic heterocycles. The van der Waals surface area contributed by atoms with Gasteiger partial charge in [0.1, 0.15) is 0 Å². The summed E-state index contributed by atoms with van der Waals surface area (Å²) in [6.07, 6.45) is 3.36. The van der Waals surface area contributed by atoms with Gasteiger partial charge in [0.15, 0.2) is 0 Å². The van der Waals surface area contributed by atoms with Crippen LogP contribution < -0.4 is 11.1 Å². The van der Waals surface area contributed by atoms with E-state index in [2.05, 4.69) is 5.32 Å². The van der Waals surface area contributed by atoms with Gasteiger partial charge in [0.05, 0.1) is 0 Å². The molecule has 0 heterocycles. The number of amides is 1. The summed E-state index contributed by atoms with van der Waals surface area (Å²) >= 11 is 0. The molecule has 0 spiro atoms. The fourth-order valence-corrected chi connectivity index (χ4v) is 2.99. The molecule has 0 radical (unpaired) electrons. The zero-order valence-electron chi connectivity index (χ0n) is 10.6. The maximum Gasteiger partial charge on any atom is 0.248 e. The van der Waals surface area contributed by atoms with Crippen LogP contribution in [0.1, 0.15) is 44.9 Å². The van der Waals surface area contributed by atoms with Gasteiger partial charge in [-0.3, -0.25) is 4.79 Å². The van der Waals surface area contributed by atoms with E-state index in [0.717, 1.165) is 19.3 Å². The Morgan fingerprint density at radius 3 is 2.44 bits per heavy atom. The Morgan fingerprint density at radius 1 is 1.22 bits per heavy atom. The van der Waals surface area contributed by atoms with Gasteiger partial charge in [-0.15, -0.1) is 0 Å². The molecule has 2 rings (SSSR count). The molecule has 104 valence electrons. The third-order valence-corrected chi connectivity index (χ3v) is 4.23. The van der Waals surface area contributed by atoms with Crippen molar-refractivity contribution in [3.63, 3.8) is 0 Å². The van der Waals surface area contributed by atoms with E-state index in [0.29, 0.717) is 25.3 Å². The molecular weight excluding hydrogens is 238 g/mol. The molecule has 18 heavy (non-hydrogen) atoms. The Hall–Kier alpha value is -0.710. The van der Waals surface area contributed by atoms with Gasteiger partial charge < -0.3 is 11.1 Å². The molecule has 2 atom stereocenters. The SMILES string of the molecule is NC1CCC(CNC(=O)C2CCC(F)(F)CC2)C1. The topological polar surface area (TPSA) is 55.1 Å². The van der Waals surface area contributed by atoms with Crippen LogP contribution in [-0.4, -0.2) is 24.4 Å². The largest absolute Gasteiger partial charge is 0.356 e. The molecule has 0 aliphatic heterocycles. The van der Waals surface area contributed by atoms with E-state index >= 15 is 0 Å².